The second-order valence-corrected chi connectivity index (χ2v) is 16.5. The molecule has 6 unspecified atom stereocenters. The zero-order chi connectivity index (χ0) is 47.1. The number of nitrogens with zero attached hydrogens (tertiary/aromatic N) is 3. The van der Waals surface area contributed by atoms with E-state index in [-0.39, 0.29) is 60.3 Å². The zero-order valence-electron chi connectivity index (χ0n) is 40.3. The summed E-state index contributed by atoms with van der Waals surface area (Å²) in [6.07, 6.45) is 12.7. The monoisotopic (exact) mass is 868 g/mol. The number of nitrogen functional groups attached to an aromatic ring is 1. The second kappa shape index (κ2) is 29.0. The van der Waals surface area contributed by atoms with Crippen LogP contribution in [0.1, 0.15) is 101 Å². The number of nitrogens with one attached hydrogen (secondary N) is 3. The first-order valence-electron chi connectivity index (χ1n) is 22.5. The lowest BCUT2D eigenvalue weighted by atomic mass is 9.89. The summed E-state index contributed by atoms with van der Waals surface area (Å²) in [5.74, 6) is -2.35. The Labute approximate surface area is 373 Å². The number of likely N-dealkylation sites (tertiary alicyclic amines) is 1. The van der Waals surface area contributed by atoms with Crippen molar-refractivity contribution >= 4 is 40.9 Å². The van der Waals surface area contributed by atoms with Crippen molar-refractivity contribution in [2.45, 2.75) is 143 Å². The molecule has 0 radical (unpaired) electrons. The Morgan fingerprint density at radius 2 is 1.50 bits per heavy atom. The lowest BCUT2D eigenvalue weighted by Crippen LogP contribution is -2.59. The van der Waals surface area contributed by atoms with Gasteiger partial charge in [-0.05, 0) is 82.8 Å². The van der Waals surface area contributed by atoms with Crippen LogP contribution in [0.25, 0.3) is 0 Å². The fourth-order valence-corrected chi connectivity index (χ4v) is 7.94. The van der Waals surface area contributed by atoms with Crippen LogP contribution < -0.4 is 21.7 Å². The Balaban J connectivity index is 0.00000946. The highest BCUT2D eigenvalue weighted by Gasteiger charge is 2.43. The number of benzene rings is 1. The van der Waals surface area contributed by atoms with Crippen LogP contribution in [0.5, 0.6) is 0 Å². The van der Waals surface area contributed by atoms with Gasteiger partial charge in [0, 0.05) is 39.2 Å². The lowest BCUT2D eigenvalue weighted by Gasteiger charge is -2.41. The number of anilines is 2. The van der Waals surface area contributed by atoms with E-state index in [4.69, 9.17) is 15.2 Å². The molecule has 1 aliphatic heterocycles. The van der Waals surface area contributed by atoms with Gasteiger partial charge < -0.3 is 41.0 Å². The van der Waals surface area contributed by atoms with Gasteiger partial charge in [0.15, 0.2) is 0 Å². The topological polar surface area (TPSA) is 176 Å². The number of methoxy groups -OCH3 is 2. The molecule has 1 aliphatic rings. The molecule has 0 spiro atoms. The van der Waals surface area contributed by atoms with Gasteiger partial charge in [0.25, 0.3) is 0 Å². The van der Waals surface area contributed by atoms with Gasteiger partial charge in [-0.25, -0.2) is 0 Å². The molecule has 9 atom stereocenters. The number of carbonyl (C=O) groups excluding carboxylic acids is 5. The summed E-state index contributed by atoms with van der Waals surface area (Å²) >= 11 is 0. The van der Waals surface area contributed by atoms with Crippen LogP contribution in [0.2, 0.25) is 0 Å². The number of hydrogen-bond acceptors (Lipinski definition) is 9. The van der Waals surface area contributed by atoms with Gasteiger partial charge >= 0.3 is 0 Å². The van der Waals surface area contributed by atoms with Gasteiger partial charge in [0.2, 0.25) is 29.5 Å². The first-order chi connectivity index (χ1) is 29.5. The van der Waals surface area contributed by atoms with Gasteiger partial charge in [-0.1, -0.05) is 98.3 Å². The number of rotatable bonds is 24. The van der Waals surface area contributed by atoms with Crippen LogP contribution in [0.15, 0.2) is 60.7 Å². The minimum atomic E-state index is -0.896. The minimum Gasteiger partial charge on any atom is -0.399 e. The van der Waals surface area contributed by atoms with E-state index in [2.05, 4.69) is 16.0 Å². The minimum absolute atomic E-state index is 0.00388. The fraction of sp³-hybridized carbons (Fsp3) is 0.646. The fourth-order valence-electron chi connectivity index (χ4n) is 7.94. The first kappa shape index (κ1) is 55.5. The largest absolute Gasteiger partial charge is 0.399 e. The molecule has 1 aromatic rings. The molecule has 0 saturated carbocycles. The van der Waals surface area contributed by atoms with E-state index in [1.165, 1.54) is 7.11 Å². The van der Waals surface area contributed by atoms with Crippen molar-refractivity contribution in [3.63, 3.8) is 0 Å². The average Bonchev–Trinajstić information content (AvgIpc) is 3.74. The molecule has 1 aromatic carbocycles. The van der Waals surface area contributed by atoms with Crippen molar-refractivity contribution in [1.29, 1.82) is 0 Å². The number of hydrogen-bond donors (Lipinski definition) is 4. The maximum absolute atomic E-state index is 14.3. The molecule has 1 heterocycles. The van der Waals surface area contributed by atoms with Crippen molar-refractivity contribution in [2.75, 3.05) is 53.0 Å². The smallest absolute Gasteiger partial charge is 0.247 e. The summed E-state index contributed by atoms with van der Waals surface area (Å²) < 4.78 is 12.0. The molecule has 5 N–H and O–H groups in total. The number of allylic oxidation sites excluding steroid dienone is 5. The first-order valence-corrected chi connectivity index (χ1v) is 22.5. The van der Waals surface area contributed by atoms with Gasteiger partial charge in [-0.15, -0.1) is 0 Å². The number of ether oxygens (including phenoxy) is 2. The zero-order valence-corrected chi connectivity index (χ0v) is 40.3. The molecule has 14 nitrogen and oxygen atoms in total. The van der Waals surface area contributed by atoms with E-state index in [1.807, 2.05) is 111 Å². The van der Waals surface area contributed by atoms with E-state index in [1.54, 1.807) is 55.1 Å². The highest BCUT2D eigenvalue weighted by Crippen LogP contribution is 2.30. The third kappa shape index (κ3) is 16.6. The van der Waals surface area contributed by atoms with E-state index < -0.39 is 42.3 Å². The third-order valence-electron chi connectivity index (χ3n) is 11.6. The van der Waals surface area contributed by atoms with Crippen molar-refractivity contribution in [3.05, 3.63) is 60.7 Å². The number of likely N-dealkylation sites (N-methyl/N-ethyl adjacent to an activating group) is 2. The van der Waals surface area contributed by atoms with Gasteiger partial charge in [-0.3, -0.25) is 28.9 Å². The summed E-state index contributed by atoms with van der Waals surface area (Å²) in [6, 6.07) is 3.84. The van der Waals surface area contributed by atoms with Crippen molar-refractivity contribution in [2.24, 2.45) is 17.8 Å². The van der Waals surface area contributed by atoms with E-state index in [0.29, 0.717) is 30.8 Å². The molecule has 1 saturated heterocycles. The van der Waals surface area contributed by atoms with E-state index >= 15 is 0 Å². The van der Waals surface area contributed by atoms with Gasteiger partial charge in [-0.2, -0.15) is 0 Å². The predicted molar refractivity (Wildman–Crippen MR) is 251 cm³/mol. The van der Waals surface area contributed by atoms with Crippen LogP contribution in [0.4, 0.5) is 11.4 Å². The average molecular weight is 868 g/mol. The predicted octanol–water partition coefficient (Wildman–Crippen LogP) is 6.20. The molecule has 5 amide bonds. The summed E-state index contributed by atoms with van der Waals surface area (Å²) in [5.41, 5.74) is 6.94. The van der Waals surface area contributed by atoms with Crippen molar-refractivity contribution in [1.82, 2.24) is 25.3 Å². The number of amides is 5. The van der Waals surface area contributed by atoms with Crippen LogP contribution in [0, 0.1) is 17.8 Å². The molecular formula is C48H81N7O7. The van der Waals surface area contributed by atoms with Gasteiger partial charge in [0.1, 0.15) is 12.1 Å². The number of nitrogens with two attached hydrogens (primary N) is 1. The highest BCUT2D eigenvalue weighted by molar-refractivity contribution is 5.97. The van der Waals surface area contributed by atoms with Crippen LogP contribution in [-0.4, -0.2) is 129 Å². The highest BCUT2D eigenvalue weighted by atomic mass is 16.5. The van der Waals surface area contributed by atoms with Crippen LogP contribution in [-0.2, 0) is 33.4 Å². The SMILES string of the molecule is CC.C\C=C/C=C\C=C\C[C@H](NC(=O)C(C)C(OC)C1CCCN1C(=O)C[C@@H](OC)C(C(C)CC)N(C)C(=O)[C@@H](NC(=O)C(CC)N(C)C)C(C)C)C(=O)Nc1ccc(N)cc1. The van der Waals surface area contributed by atoms with Gasteiger partial charge in [0.05, 0.1) is 42.7 Å². The Morgan fingerprint density at radius 3 is 2.03 bits per heavy atom. The van der Waals surface area contributed by atoms with E-state index in [9.17, 15) is 24.0 Å². The maximum Gasteiger partial charge on any atom is 0.247 e. The molecule has 0 aromatic heterocycles. The maximum atomic E-state index is 14.3. The molecule has 2 rings (SSSR count). The molecule has 62 heavy (non-hydrogen) atoms. The summed E-state index contributed by atoms with van der Waals surface area (Å²) in [7, 11) is 8.49. The summed E-state index contributed by atoms with van der Waals surface area (Å²) in [6.45, 7) is 18.0. The molecule has 350 valence electrons. The molecule has 0 bridgehead atoms. The third-order valence-corrected chi connectivity index (χ3v) is 11.6. The number of carbonyl (C=O) groups is 5. The molecular weight excluding hydrogens is 787 g/mol. The molecule has 1 fully saturated rings. The molecule has 14 heteroatoms. The Kier molecular flexibility index (Phi) is 25.9. The Morgan fingerprint density at radius 1 is 0.871 bits per heavy atom. The molecule has 0 aliphatic carbocycles. The van der Waals surface area contributed by atoms with Crippen LogP contribution in [0.3, 0.4) is 0 Å². The second-order valence-electron chi connectivity index (χ2n) is 16.5. The Hall–Kier alpha value is -4.53. The van der Waals surface area contributed by atoms with Crippen LogP contribution >= 0.6 is 0 Å². The lowest BCUT2D eigenvalue weighted by molar-refractivity contribution is -0.148. The van der Waals surface area contributed by atoms with E-state index in [0.717, 1.165) is 12.8 Å². The summed E-state index contributed by atoms with van der Waals surface area (Å²) in [5, 5.41) is 8.82. The summed E-state index contributed by atoms with van der Waals surface area (Å²) in [4.78, 5) is 74.6. The van der Waals surface area contributed by atoms with Crippen molar-refractivity contribution < 1.29 is 33.4 Å². The Bertz CT molecular complexity index is 1610. The van der Waals surface area contributed by atoms with Crippen molar-refractivity contribution in [3.8, 4) is 0 Å². The normalized spacial score (nSPS) is 18.1. The standard InChI is InChI=1S/C46H75N7O7.C2H6/c1-13-16-17-18-19-20-22-35(44(56)48-34-26-24-33(47)25-27-34)49-43(55)32(7)42(60-12)37-23-21-28-53(37)39(54)29-38(59-11)41(31(6)14-2)52(10)46(58)40(30(4)5)50-45(57)36(15-3)51(8)9;1-2/h13,16-20,24-27,30-32,35-38,40-42H,14-15,21-23,28-29,47H2,1-12H3,(H,48,56)(H,49,55)(H,50,57);1-2H3/b16-13-,18-17-,20-19+;/t31?,32?,35-,36?,37?,38+,40-,41?,42?;/m0./s1. The quantitative estimate of drug-likeness (QED) is 0.0697.